The van der Waals surface area contributed by atoms with Gasteiger partial charge >= 0.3 is 6.03 Å². The van der Waals surface area contributed by atoms with E-state index >= 15 is 0 Å². The summed E-state index contributed by atoms with van der Waals surface area (Å²) in [6.45, 7) is 2.69. The van der Waals surface area contributed by atoms with Gasteiger partial charge in [-0.3, -0.25) is 9.59 Å². The van der Waals surface area contributed by atoms with Crippen LogP contribution >= 0.6 is 0 Å². The number of hydrogen-bond donors (Lipinski definition) is 3. The van der Waals surface area contributed by atoms with Crippen molar-refractivity contribution < 1.29 is 14.4 Å². The zero-order valence-electron chi connectivity index (χ0n) is 18.1. The molecule has 0 aliphatic heterocycles. The number of urea groups is 1. The Morgan fingerprint density at radius 3 is 2.35 bits per heavy atom. The summed E-state index contributed by atoms with van der Waals surface area (Å²) < 4.78 is 0. The lowest BCUT2D eigenvalue weighted by atomic mass is 10.1. The second-order valence-corrected chi connectivity index (χ2v) is 7.99. The average molecular weight is 423 g/mol. The van der Waals surface area contributed by atoms with E-state index < -0.39 is 0 Å². The fourth-order valence-electron chi connectivity index (χ4n) is 3.20. The molecule has 3 N–H and O–H groups in total. The highest BCUT2D eigenvalue weighted by Crippen LogP contribution is 2.30. The van der Waals surface area contributed by atoms with Crippen molar-refractivity contribution >= 4 is 23.5 Å². The first kappa shape index (κ1) is 22.3. The molecule has 1 saturated carbocycles. The van der Waals surface area contributed by atoms with E-state index in [1.54, 1.807) is 11.9 Å². The molecule has 2 aromatic rings. The Morgan fingerprint density at radius 1 is 1.03 bits per heavy atom. The largest absolute Gasteiger partial charge is 0.341 e. The fourth-order valence-corrected chi connectivity index (χ4v) is 3.20. The number of carbonyl (C=O) groups excluding carboxylic acids is 3. The van der Waals surface area contributed by atoms with Gasteiger partial charge in [-0.2, -0.15) is 0 Å². The van der Waals surface area contributed by atoms with Crippen LogP contribution in [0.2, 0.25) is 0 Å². The maximum atomic E-state index is 12.3. The third-order valence-electron chi connectivity index (χ3n) is 5.29. The molecule has 1 aliphatic carbocycles. The molecule has 0 aromatic heterocycles. The van der Waals surface area contributed by atoms with Crippen LogP contribution in [0.5, 0.6) is 0 Å². The topological polar surface area (TPSA) is 90.5 Å². The quantitative estimate of drug-likeness (QED) is 0.578. The van der Waals surface area contributed by atoms with Gasteiger partial charge in [0.2, 0.25) is 11.8 Å². The van der Waals surface area contributed by atoms with Crippen molar-refractivity contribution in [3.8, 4) is 0 Å². The summed E-state index contributed by atoms with van der Waals surface area (Å²) in [5.41, 5.74) is 2.75. The molecule has 0 bridgehead atoms. The summed E-state index contributed by atoms with van der Waals surface area (Å²) in [5.74, 6) is 0.206. The lowest BCUT2D eigenvalue weighted by molar-refractivity contribution is -0.130. The number of carbonyl (C=O) groups is 3. The molecule has 3 rings (SSSR count). The fraction of sp³-hybridized carbons (Fsp3) is 0.375. The Hall–Kier alpha value is -3.35. The number of rotatable bonds is 9. The van der Waals surface area contributed by atoms with Crippen LogP contribution in [0.1, 0.15) is 43.4 Å². The maximum Gasteiger partial charge on any atom is 0.315 e. The third-order valence-corrected chi connectivity index (χ3v) is 5.29. The summed E-state index contributed by atoms with van der Waals surface area (Å²) in [6, 6.07) is 16.7. The molecule has 0 radical (unpaired) electrons. The summed E-state index contributed by atoms with van der Waals surface area (Å²) in [7, 11) is 1.76. The van der Waals surface area contributed by atoms with Crippen molar-refractivity contribution in [3.05, 3.63) is 65.7 Å². The molecule has 1 unspecified atom stereocenters. The van der Waals surface area contributed by atoms with Gasteiger partial charge in [-0.1, -0.05) is 42.5 Å². The number of hydrogen-bond acceptors (Lipinski definition) is 3. The monoisotopic (exact) mass is 422 g/mol. The second-order valence-electron chi connectivity index (χ2n) is 7.99. The summed E-state index contributed by atoms with van der Waals surface area (Å²) >= 11 is 0. The molecule has 31 heavy (non-hydrogen) atoms. The van der Waals surface area contributed by atoms with E-state index in [1.807, 2.05) is 61.5 Å². The van der Waals surface area contributed by atoms with Crippen molar-refractivity contribution in [2.45, 2.75) is 38.8 Å². The van der Waals surface area contributed by atoms with Gasteiger partial charge in [0.1, 0.15) is 0 Å². The standard InChI is InChI=1S/C24H30N4O3/c1-17(19-10-12-21(13-11-19)27-23(30)20-8-9-20)26-24(31)25-15-14-22(29)28(2)16-18-6-4-3-5-7-18/h3-7,10-13,17,20H,8-9,14-16H2,1-2H3,(H,27,30)(H2,25,26,31). The Bertz CT molecular complexity index is 895. The molecule has 1 fully saturated rings. The Morgan fingerprint density at radius 2 is 1.71 bits per heavy atom. The maximum absolute atomic E-state index is 12.3. The van der Waals surface area contributed by atoms with Crippen LogP contribution in [-0.4, -0.2) is 36.3 Å². The molecule has 1 aliphatic rings. The van der Waals surface area contributed by atoms with Crippen LogP contribution in [0.25, 0.3) is 0 Å². The Balaban J connectivity index is 1.36. The lowest BCUT2D eigenvalue weighted by Crippen LogP contribution is -2.39. The van der Waals surface area contributed by atoms with Crippen molar-refractivity contribution in [1.29, 1.82) is 0 Å². The van der Waals surface area contributed by atoms with Crippen LogP contribution in [0, 0.1) is 5.92 Å². The first-order valence-corrected chi connectivity index (χ1v) is 10.7. The molecule has 4 amide bonds. The summed E-state index contributed by atoms with van der Waals surface area (Å²) in [4.78, 5) is 37.9. The van der Waals surface area contributed by atoms with E-state index in [9.17, 15) is 14.4 Å². The minimum Gasteiger partial charge on any atom is -0.341 e. The molecule has 0 heterocycles. The summed E-state index contributed by atoms with van der Waals surface area (Å²) in [5, 5.41) is 8.50. The van der Waals surface area contributed by atoms with E-state index in [4.69, 9.17) is 0 Å². The van der Waals surface area contributed by atoms with Gasteiger partial charge < -0.3 is 20.9 Å². The van der Waals surface area contributed by atoms with Gasteiger partial charge in [-0.15, -0.1) is 0 Å². The molecular weight excluding hydrogens is 392 g/mol. The van der Waals surface area contributed by atoms with Gasteiger partial charge in [0.05, 0.1) is 6.04 Å². The van der Waals surface area contributed by atoms with Crippen molar-refractivity contribution in [2.24, 2.45) is 5.92 Å². The van der Waals surface area contributed by atoms with Crippen LogP contribution < -0.4 is 16.0 Å². The van der Waals surface area contributed by atoms with Crippen molar-refractivity contribution in [2.75, 3.05) is 18.9 Å². The highest BCUT2D eigenvalue weighted by molar-refractivity contribution is 5.94. The lowest BCUT2D eigenvalue weighted by Gasteiger charge is -2.18. The second kappa shape index (κ2) is 10.6. The molecule has 0 saturated heterocycles. The highest BCUT2D eigenvalue weighted by Gasteiger charge is 2.29. The van der Waals surface area contributed by atoms with E-state index in [0.717, 1.165) is 29.7 Å². The number of anilines is 1. The zero-order valence-corrected chi connectivity index (χ0v) is 18.1. The Kier molecular flexibility index (Phi) is 7.65. The molecular formula is C24H30N4O3. The number of nitrogens with one attached hydrogen (secondary N) is 3. The predicted molar refractivity (Wildman–Crippen MR) is 120 cm³/mol. The first-order valence-electron chi connectivity index (χ1n) is 10.7. The molecule has 164 valence electrons. The minimum atomic E-state index is -0.322. The molecule has 0 spiro atoms. The van der Waals surface area contributed by atoms with Gasteiger partial charge in [-0.25, -0.2) is 4.79 Å². The highest BCUT2D eigenvalue weighted by atomic mass is 16.2. The van der Waals surface area contributed by atoms with Gasteiger partial charge in [0.25, 0.3) is 0 Å². The molecule has 1 atom stereocenters. The molecule has 7 nitrogen and oxygen atoms in total. The number of amides is 4. The smallest absolute Gasteiger partial charge is 0.315 e. The SMILES string of the molecule is CC(NC(=O)NCCC(=O)N(C)Cc1ccccc1)c1ccc(NC(=O)C2CC2)cc1. The van der Waals surface area contributed by atoms with Gasteiger partial charge in [0.15, 0.2) is 0 Å². The minimum absolute atomic E-state index is 0.0268. The van der Waals surface area contributed by atoms with E-state index in [1.165, 1.54) is 0 Å². The number of benzene rings is 2. The van der Waals surface area contributed by atoms with Crippen molar-refractivity contribution in [1.82, 2.24) is 15.5 Å². The Labute approximate surface area is 183 Å². The van der Waals surface area contributed by atoms with Crippen LogP contribution in [0.4, 0.5) is 10.5 Å². The van der Waals surface area contributed by atoms with Crippen LogP contribution in [0.3, 0.4) is 0 Å². The third kappa shape index (κ3) is 7.13. The van der Waals surface area contributed by atoms with E-state index in [2.05, 4.69) is 16.0 Å². The first-order chi connectivity index (χ1) is 14.9. The van der Waals surface area contributed by atoms with Crippen LogP contribution in [-0.2, 0) is 16.1 Å². The van der Waals surface area contributed by atoms with E-state index in [0.29, 0.717) is 6.54 Å². The molecule has 2 aromatic carbocycles. The van der Waals surface area contributed by atoms with Gasteiger partial charge in [-0.05, 0) is 43.0 Å². The average Bonchev–Trinajstić information content (AvgIpc) is 3.60. The van der Waals surface area contributed by atoms with Crippen LogP contribution in [0.15, 0.2) is 54.6 Å². The number of nitrogens with zero attached hydrogens (tertiary/aromatic N) is 1. The van der Waals surface area contributed by atoms with Gasteiger partial charge in [0, 0.05) is 38.2 Å². The molecule has 7 heteroatoms. The predicted octanol–water partition coefficient (Wildman–Crippen LogP) is 3.44. The normalized spacial score (nSPS) is 13.7. The van der Waals surface area contributed by atoms with E-state index in [-0.39, 0.29) is 42.8 Å². The summed E-state index contributed by atoms with van der Waals surface area (Å²) in [6.07, 6.45) is 2.17. The zero-order chi connectivity index (χ0) is 22.2. The van der Waals surface area contributed by atoms with Crippen molar-refractivity contribution in [3.63, 3.8) is 0 Å².